The van der Waals surface area contributed by atoms with Crippen molar-refractivity contribution < 1.29 is 0 Å². The topological polar surface area (TPSA) is 35.8 Å². The van der Waals surface area contributed by atoms with Crippen LogP contribution >= 0.6 is 0 Å². The Balaban J connectivity index is 3.42. The van der Waals surface area contributed by atoms with E-state index in [2.05, 4.69) is 24.4 Å². The lowest BCUT2D eigenvalue weighted by atomic mass is 9.97. The minimum atomic E-state index is 0.733. The second-order valence-corrected chi connectivity index (χ2v) is 3.26. The first-order valence-electron chi connectivity index (χ1n) is 5.14. The summed E-state index contributed by atoms with van der Waals surface area (Å²) in [5.74, 6) is 0. The van der Waals surface area contributed by atoms with E-state index < -0.39 is 0 Å². The Hall–Kier alpha value is -1.75. The number of rotatable bonds is 3. The van der Waals surface area contributed by atoms with E-state index in [-0.39, 0.29) is 0 Å². The zero-order chi connectivity index (χ0) is 11.3. The van der Waals surface area contributed by atoms with Gasteiger partial charge in [0.15, 0.2) is 0 Å². The fourth-order valence-corrected chi connectivity index (χ4v) is 1.72. The Morgan fingerprint density at radius 1 is 1.53 bits per heavy atom. The molecule has 1 aromatic rings. The molecule has 0 aliphatic carbocycles. The van der Waals surface area contributed by atoms with Gasteiger partial charge in [0.1, 0.15) is 0 Å². The molecule has 15 heavy (non-hydrogen) atoms. The second kappa shape index (κ2) is 5.21. The molecular formula is C13H16N2. The zero-order valence-corrected chi connectivity index (χ0v) is 9.46. The molecule has 0 aliphatic heterocycles. The van der Waals surface area contributed by atoms with Gasteiger partial charge in [0.25, 0.3) is 0 Å². The summed E-state index contributed by atoms with van der Waals surface area (Å²) in [5, 5.41) is 12.2. The third-order valence-electron chi connectivity index (χ3n) is 2.48. The normalized spacial score (nSPS) is 10.9. The number of nitriles is 1. The van der Waals surface area contributed by atoms with Gasteiger partial charge in [-0.3, -0.25) is 0 Å². The van der Waals surface area contributed by atoms with E-state index in [0.717, 1.165) is 23.2 Å². The molecule has 0 fully saturated rings. The summed E-state index contributed by atoms with van der Waals surface area (Å²) in [6.07, 6.45) is 2.93. The van der Waals surface area contributed by atoms with Crippen LogP contribution in [0.15, 0.2) is 24.3 Å². The van der Waals surface area contributed by atoms with Gasteiger partial charge in [-0.2, -0.15) is 5.26 Å². The Morgan fingerprint density at radius 3 is 2.73 bits per heavy atom. The summed E-state index contributed by atoms with van der Waals surface area (Å²) in [7, 11) is 1.88. The van der Waals surface area contributed by atoms with Crippen LogP contribution in [-0.2, 0) is 6.42 Å². The van der Waals surface area contributed by atoms with Gasteiger partial charge in [-0.1, -0.05) is 25.1 Å². The van der Waals surface area contributed by atoms with Crippen LogP contribution in [0, 0.1) is 11.3 Å². The minimum absolute atomic E-state index is 0.733. The third kappa shape index (κ3) is 2.19. The van der Waals surface area contributed by atoms with Gasteiger partial charge in [0.2, 0.25) is 0 Å². The SMILES string of the molecule is C/C=C(\NC)c1c(C#N)cccc1CC. The zero-order valence-electron chi connectivity index (χ0n) is 9.46. The largest absolute Gasteiger partial charge is 0.388 e. The maximum absolute atomic E-state index is 9.07. The van der Waals surface area contributed by atoms with Gasteiger partial charge in [-0.25, -0.2) is 0 Å². The molecule has 78 valence electrons. The molecular weight excluding hydrogens is 184 g/mol. The summed E-state index contributed by atoms with van der Waals surface area (Å²) >= 11 is 0. The van der Waals surface area contributed by atoms with E-state index in [1.165, 1.54) is 5.56 Å². The quantitative estimate of drug-likeness (QED) is 0.814. The maximum atomic E-state index is 9.07. The summed E-state index contributed by atoms with van der Waals surface area (Å²) in [5.41, 5.74) is 3.99. The van der Waals surface area contributed by atoms with E-state index >= 15 is 0 Å². The highest BCUT2D eigenvalue weighted by molar-refractivity contribution is 5.71. The predicted octanol–water partition coefficient (Wildman–Crippen LogP) is 2.70. The van der Waals surface area contributed by atoms with Gasteiger partial charge in [-0.05, 0) is 25.0 Å². The van der Waals surface area contributed by atoms with Crippen LogP contribution in [0.2, 0.25) is 0 Å². The highest BCUT2D eigenvalue weighted by Gasteiger charge is 2.09. The van der Waals surface area contributed by atoms with Gasteiger partial charge >= 0.3 is 0 Å². The van der Waals surface area contributed by atoms with E-state index in [4.69, 9.17) is 5.26 Å². The van der Waals surface area contributed by atoms with Gasteiger partial charge < -0.3 is 5.32 Å². The van der Waals surface area contributed by atoms with Gasteiger partial charge in [0.05, 0.1) is 11.6 Å². The lowest BCUT2D eigenvalue weighted by molar-refractivity contribution is 1.07. The number of nitrogens with zero attached hydrogens (tertiary/aromatic N) is 1. The number of hydrogen-bond donors (Lipinski definition) is 1. The van der Waals surface area contributed by atoms with Crippen molar-refractivity contribution in [2.24, 2.45) is 0 Å². The Kier molecular flexibility index (Phi) is 3.93. The van der Waals surface area contributed by atoms with Crippen molar-refractivity contribution >= 4 is 5.70 Å². The monoisotopic (exact) mass is 200 g/mol. The lowest BCUT2D eigenvalue weighted by Crippen LogP contribution is -2.08. The van der Waals surface area contributed by atoms with Gasteiger partial charge in [-0.15, -0.1) is 0 Å². The average Bonchev–Trinajstić information content (AvgIpc) is 2.30. The third-order valence-corrected chi connectivity index (χ3v) is 2.48. The molecule has 0 atom stereocenters. The molecule has 0 radical (unpaired) electrons. The lowest BCUT2D eigenvalue weighted by Gasteiger charge is -2.13. The molecule has 0 spiro atoms. The molecule has 1 aromatic carbocycles. The first kappa shape index (κ1) is 11.3. The van der Waals surface area contributed by atoms with Crippen molar-refractivity contribution in [2.45, 2.75) is 20.3 Å². The molecule has 0 aliphatic rings. The van der Waals surface area contributed by atoms with Crippen molar-refractivity contribution in [3.8, 4) is 6.07 Å². The van der Waals surface area contributed by atoms with E-state index in [1.807, 2.05) is 32.2 Å². The average molecular weight is 200 g/mol. The molecule has 0 saturated heterocycles. The summed E-state index contributed by atoms with van der Waals surface area (Å²) in [6.45, 7) is 4.07. The molecule has 2 heteroatoms. The molecule has 1 rings (SSSR count). The highest BCUT2D eigenvalue weighted by atomic mass is 14.8. The first-order valence-corrected chi connectivity index (χ1v) is 5.14. The van der Waals surface area contributed by atoms with E-state index in [0.29, 0.717) is 0 Å². The smallest absolute Gasteiger partial charge is 0.0998 e. The van der Waals surface area contributed by atoms with Crippen LogP contribution < -0.4 is 5.32 Å². The standard InChI is InChI=1S/C13H16N2/c1-4-10-7-6-8-11(9-14)13(10)12(5-2)15-3/h5-8,15H,4H2,1-3H3/b12-5-. The van der Waals surface area contributed by atoms with Gasteiger partial charge in [0, 0.05) is 18.3 Å². The fourth-order valence-electron chi connectivity index (χ4n) is 1.72. The van der Waals surface area contributed by atoms with E-state index in [9.17, 15) is 0 Å². The number of aryl methyl sites for hydroxylation is 1. The molecule has 0 heterocycles. The van der Waals surface area contributed by atoms with E-state index in [1.54, 1.807) is 0 Å². The number of benzene rings is 1. The van der Waals surface area contributed by atoms with Crippen molar-refractivity contribution in [3.63, 3.8) is 0 Å². The van der Waals surface area contributed by atoms with Crippen LogP contribution in [0.1, 0.15) is 30.5 Å². The summed E-state index contributed by atoms with van der Waals surface area (Å²) in [6, 6.07) is 8.10. The maximum Gasteiger partial charge on any atom is 0.0998 e. The number of allylic oxidation sites excluding steroid dienone is 1. The molecule has 0 saturated carbocycles. The van der Waals surface area contributed by atoms with Crippen molar-refractivity contribution in [1.82, 2.24) is 5.32 Å². The van der Waals surface area contributed by atoms with Crippen LogP contribution in [0.25, 0.3) is 5.70 Å². The van der Waals surface area contributed by atoms with Crippen molar-refractivity contribution in [3.05, 3.63) is 41.0 Å². The van der Waals surface area contributed by atoms with Crippen LogP contribution in [0.3, 0.4) is 0 Å². The second-order valence-electron chi connectivity index (χ2n) is 3.26. The molecule has 0 unspecified atom stereocenters. The van der Waals surface area contributed by atoms with Crippen molar-refractivity contribution in [1.29, 1.82) is 5.26 Å². The Morgan fingerprint density at radius 2 is 2.27 bits per heavy atom. The fraction of sp³-hybridized carbons (Fsp3) is 0.308. The number of hydrogen-bond acceptors (Lipinski definition) is 2. The molecule has 1 N–H and O–H groups in total. The van der Waals surface area contributed by atoms with Crippen molar-refractivity contribution in [2.75, 3.05) is 7.05 Å². The first-order chi connectivity index (χ1) is 7.28. The predicted molar refractivity (Wildman–Crippen MR) is 63.2 cm³/mol. The summed E-state index contributed by atoms with van der Waals surface area (Å²) in [4.78, 5) is 0. The van der Waals surface area contributed by atoms with Crippen LogP contribution in [0.4, 0.5) is 0 Å². The molecule has 2 nitrogen and oxygen atoms in total. The van der Waals surface area contributed by atoms with Crippen LogP contribution in [-0.4, -0.2) is 7.05 Å². The summed E-state index contributed by atoms with van der Waals surface area (Å²) < 4.78 is 0. The highest BCUT2D eigenvalue weighted by Crippen LogP contribution is 2.21. The Labute approximate surface area is 91.2 Å². The minimum Gasteiger partial charge on any atom is -0.388 e. The van der Waals surface area contributed by atoms with Crippen LogP contribution in [0.5, 0.6) is 0 Å². The molecule has 0 aromatic heterocycles. The molecule has 0 bridgehead atoms. The molecule has 0 amide bonds. The Bertz CT molecular complexity index is 411. The number of nitrogens with one attached hydrogen (secondary N) is 1.